The van der Waals surface area contributed by atoms with E-state index < -0.39 is 0 Å². The summed E-state index contributed by atoms with van der Waals surface area (Å²) >= 11 is 0. The summed E-state index contributed by atoms with van der Waals surface area (Å²) in [6, 6.07) is 8.21. The Bertz CT molecular complexity index is 664. The molecule has 0 aliphatic rings. The van der Waals surface area contributed by atoms with Gasteiger partial charge in [-0.2, -0.15) is 5.10 Å². The van der Waals surface area contributed by atoms with Gasteiger partial charge in [-0.25, -0.2) is 4.68 Å². The number of nitrogen functional groups attached to an aromatic ring is 1. The van der Waals surface area contributed by atoms with Gasteiger partial charge in [-0.1, -0.05) is 6.07 Å². The number of hydrogen-bond acceptors (Lipinski definition) is 4. The molecule has 0 fully saturated rings. The van der Waals surface area contributed by atoms with Crippen molar-refractivity contribution in [2.75, 3.05) is 11.1 Å². The number of carbonyl (C=O) groups excluding carboxylic acids is 1. The predicted octanol–water partition coefficient (Wildman–Crippen LogP) is 0.773. The van der Waals surface area contributed by atoms with E-state index in [-0.39, 0.29) is 18.0 Å². The van der Waals surface area contributed by atoms with Gasteiger partial charge in [0.1, 0.15) is 6.54 Å². The Morgan fingerprint density at radius 3 is 2.89 bits per heavy atom. The minimum atomic E-state index is -0.351. The molecule has 1 amide bonds. The molecular formula is C13H14N4O2. The molecule has 0 aliphatic heterocycles. The molecule has 0 bridgehead atoms. The van der Waals surface area contributed by atoms with Crippen molar-refractivity contribution in [2.24, 2.45) is 0 Å². The van der Waals surface area contributed by atoms with Crippen LogP contribution < -0.4 is 16.6 Å². The second-order valence-electron chi connectivity index (χ2n) is 4.16. The number of nitrogens with one attached hydrogen (secondary N) is 1. The molecule has 1 heterocycles. The lowest BCUT2D eigenvalue weighted by atomic mass is 10.2. The first-order chi connectivity index (χ1) is 9.06. The Balaban J connectivity index is 2.10. The third-order valence-electron chi connectivity index (χ3n) is 2.56. The van der Waals surface area contributed by atoms with Crippen LogP contribution in [0.15, 0.2) is 41.3 Å². The molecule has 2 aromatic rings. The number of hydrogen-bond donors (Lipinski definition) is 2. The summed E-state index contributed by atoms with van der Waals surface area (Å²) in [5.74, 6) is -0.351. The minimum absolute atomic E-state index is 0.146. The van der Waals surface area contributed by atoms with Crippen molar-refractivity contribution in [3.8, 4) is 0 Å². The van der Waals surface area contributed by atoms with Gasteiger partial charge < -0.3 is 11.1 Å². The van der Waals surface area contributed by atoms with E-state index in [1.54, 1.807) is 12.1 Å². The van der Waals surface area contributed by atoms with Crippen molar-refractivity contribution in [1.29, 1.82) is 0 Å². The van der Waals surface area contributed by atoms with Crippen molar-refractivity contribution in [3.63, 3.8) is 0 Å². The zero-order chi connectivity index (χ0) is 13.8. The maximum absolute atomic E-state index is 11.8. The molecule has 0 atom stereocenters. The number of rotatable bonds is 3. The van der Waals surface area contributed by atoms with Crippen LogP contribution in [-0.2, 0) is 11.3 Å². The van der Waals surface area contributed by atoms with Gasteiger partial charge in [0.2, 0.25) is 5.91 Å². The summed E-state index contributed by atoms with van der Waals surface area (Å²) in [5.41, 5.74) is 7.50. The third-order valence-corrected chi connectivity index (χ3v) is 2.56. The van der Waals surface area contributed by atoms with Crippen LogP contribution in [0.3, 0.4) is 0 Å². The van der Waals surface area contributed by atoms with Crippen molar-refractivity contribution in [2.45, 2.75) is 13.5 Å². The molecule has 6 nitrogen and oxygen atoms in total. The van der Waals surface area contributed by atoms with Gasteiger partial charge in [0, 0.05) is 12.3 Å². The topological polar surface area (TPSA) is 90.0 Å². The van der Waals surface area contributed by atoms with Crippen LogP contribution in [0.1, 0.15) is 5.56 Å². The highest BCUT2D eigenvalue weighted by Gasteiger charge is 2.07. The van der Waals surface area contributed by atoms with Crippen LogP contribution in [0, 0.1) is 6.92 Å². The van der Waals surface area contributed by atoms with Gasteiger partial charge in [0.05, 0.1) is 11.4 Å². The molecule has 1 aromatic heterocycles. The van der Waals surface area contributed by atoms with Gasteiger partial charge in [-0.05, 0) is 30.7 Å². The lowest BCUT2D eigenvalue weighted by molar-refractivity contribution is -0.117. The highest BCUT2D eigenvalue weighted by atomic mass is 16.2. The maximum atomic E-state index is 11.8. The number of aryl methyl sites for hydroxylation is 1. The summed E-state index contributed by atoms with van der Waals surface area (Å²) in [6.07, 6.45) is 1.45. The quantitative estimate of drug-likeness (QED) is 0.796. The summed E-state index contributed by atoms with van der Waals surface area (Å²) < 4.78 is 1.08. The average Bonchev–Trinajstić information content (AvgIpc) is 2.36. The van der Waals surface area contributed by atoms with Gasteiger partial charge >= 0.3 is 0 Å². The van der Waals surface area contributed by atoms with E-state index in [1.165, 1.54) is 18.3 Å². The van der Waals surface area contributed by atoms with E-state index in [9.17, 15) is 9.59 Å². The van der Waals surface area contributed by atoms with E-state index in [1.807, 2.05) is 13.0 Å². The molecule has 3 N–H and O–H groups in total. The van der Waals surface area contributed by atoms with Crippen molar-refractivity contribution < 1.29 is 4.79 Å². The molecule has 1 aromatic carbocycles. The smallest absolute Gasteiger partial charge is 0.267 e. The molecule has 19 heavy (non-hydrogen) atoms. The predicted molar refractivity (Wildman–Crippen MR) is 72.7 cm³/mol. The number of nitrogens with two attached hydrogens (primary N) is 1. The van der Waals surface area contributed by atoms with Gasteiger partial charge in [-0.15, -0.1) is 0 Å². The fourth-order valence-electron chi connectivity index (χ4n) is 1.63. The molecule has 98 valence electrons. The Kier molecular flexibility index (Phi) is 3.61. The average molecular weight is 258 g/mol. The van der Waals surface area contributed by atoms with Gasteiger partial charge in [0.25, 0.3) is 5.56 Å². The first-order valence-corrected chi connectivity index (χ1v) is 5.74. The Morgan fingerprint density at radius 2 is 2.21 bits per heavy atom. The minimum Gasteiger partial charge on any atom is -0.397 e. The van der Waals surface area contributed by atoms with E-state index in [0.29, 0.717) is 11.4 Å². The highest BCUT2D eigenvalue weighted by Crippen LogP contribution is 2.19. The van der Waals surface area contributed by atoms with Crippen molar-refractivity contribution in [1.82, 2.24) is 9.78 Å². The van der Waals surface area contributed by atoms with Gasteiger partial charge in [-0.3, -0.25) is 9.59 Å². The monoisotopic (exact) mass is 258 g/mol. The first-order valence-electron chi connectivity index (χ1n) is 5.74. The largest absolute Gasteiger partial charge is 0.397 e. The SMILES string of the molecule is Cc1ccc(NC(=O)Cn2ncccc2=O)c(N)c1. The Labute approximate surface area is 109 Å². The van der Waals surface area contributed by atoms with E-state index in [0.717, 1.165) is 10.2 Å². The molecule has 2 rings (SSSR count). The zero-order valence-electron chi connectivity index (χ0n) is 10.5. The molecule has 0 radical (unpaired) electrons. The van der Waals surface area contributed by atoms with Crippen LogP contribution >= 0.6 is 0 Å². The summed E-state index contributed by atoms with van der Waals surface area (Å²) in [6.45, 7) is 1.77. The molecule has 0 unspecified atom stereocenters. The number of anilines is 2. The molecule has 0 saturated carbocycles. The van der Waals surface area contributed by atoms with Crippen molar-refractivity contribution >= 4 is 17.3 Å². The standard InChI is InChI=1S/C13H14N4O2/c1-9-4-5-11(10(14)7-9)16-12(18)8-17-13(19)3-2-6-15-17/h2-7H,8,14H2,1H3,(H,16,18). The first kappa shape index (κ1) is 12.8. The number of carbonyl (C=O) groups is 1. The second-order valence-corrected chi connectivity index (χ2v) is 4.16. The molecule has 0 saturated heterocycles. The Hall–Kier alpha value is -2.63. The van der Waals surface area contributed by atoms with E-state index in [2.05, 4.69) is 10.4 Å². The number of benzene rings is 1. The van der Waals surface area contributed by atoms with E-state index >= 15 is 0 Å². The second kappa shape index (κ2) is 5.34. The number of nitrogens with zero attached hydrogens (tertiary/aromatic N) is 2. The molecular weight excluding hydrogens is 244 g/mol. The summed E-state index contributed by atoms with van der Waals surface area (Å²) in [7, 11) is 0. The molecule has 6 heteroatoms. The number of aromatic nitrogens is 2. The van der Waals surface area contributed by atoms with Gasteiger partial charge in [0.15, 0.2) is 0 Å². The normalized spacial score (nSPS) is 10.2. The third kappa shape index (κ3) is 3.19. The zero-order valence-corrected chi connectivity index (χ0v) is 10.5. The van der Waals surface area contributed by atoms with Crippen LogP contribution in [0.2, 0.25) is 0 Å². The molecule has 0 aliphatic carbocycles. The fraction of sp³-hybridized carbons (Fsp3) is 0.154. The number of amides is 1. The van der Waals surface area contributed by atoms with Crippen molar-refractivity contribution in [3.05, 3.63) is 52.4 Å². The molecule has 0 spiro atoms. The highest BCUT2D eigenvalue weighted by molar-refractivity contribution is 5.93. The maximum Gasteiger partial charge on any atom is 0.267 e. The lowest BCUT2D eigenvalue weighted by Crippen LogP contribution is -2.28. The Morgan fingerprint density at radius 1 is 1.42 bits per heavy atom. The van der Waals surface area contributed by atoms with Crippen LogP contribution in [0.5, 0.6) is 0 Å². The lowest BCUT2D eigenvalue weighted by Gasteiger charge is -2.09. The van der Waals surface area contributed by atoms with E-state index in [4.69, 9.17) is 5.73 Å². The van der Waals surface area contributed by atoms with Crippen LogP contribution in [0.25, 0.3) is 0 Å². The summed E-state index contributed by atoms with van der Waals surface area (Å²) in [4.78, 5) is 23.2. The van der Waals surface area contributed by atoms with Crippen LogP contribution in [0.4, 0.5) is 11.4 Å². The van der Waals surface area contributed by atoms with Crippen LogP contribution in [-0.4, -0.2) is 15.7 Å². The fourth-order valence-corrected chi connectivity index (χ4v) is 1.63. The summed E-state index contributed by atoms with van der Waals surface area (Å²) in [5, 5.41) is 6.46.